The van der Waals surface area contributed by atoms with Crippen LogP contribution < -0.4 is 5.63 Å². The molecule has 0 spiro atoms. The molecule has 24 heavy (non-hydrogen) atoms. The van der Waals surface area contributed by atoms with Crippen molar-refractivity contribution >= 4 is 0 Å². The van der Waals surface area contributed by atoms with E-state index in [4.69, 9.17) is 9.15 Å². The molecule has 0 aliphatic carbocycles. The molecule has 0 atom stereocenters. The number of rotatable bonds is 12. The van der Waals surface area contributed by atoms with Crippen molar-refractivity contribution in [2.24, 2.45) is 0 Å². The molecule has 1 aromatic carbocycles. The van der Waals surface area contributed by atoms with Gasteiger partial charge in [0.1, 0.15) is 5.76 Å². The van der Waals surface area contributed by atoms with Crippen LogP contribution >= 0.6 is 0 Å². The summed E-state index contributed by atoms with van der Waals surface area (Å²) in [6, 6.07) is 15.4. The molecule has 0 aliphatic rings. The van der Waals surface area contributed by atoms with Gasteiger partial charge in [-0.15, -0.1) is 0 Å². The minimum Gasteiger partial charge on any atom is -0.428 e. The largest absolute Gasteiger partial charge is 0.428 e. The minimum atomic E-state index is -0.248. The summed E-state index contributed by atoms with van der Waals surface area (Å²) in [5, 5.41) is 0. The number of aryl methyl sites for hydroxylation is 1. The molecule has 0 radical (unpaired) electrons. The molecule has 0 aliphatic heterocycles. The summed E-state index contributed by atoms with van der Waals surface area (Å²) in [4.78, 5) is 11.1. The third-order valence-electron chi connectivity index (χ3n) is 4.07. The van der Waals surface area contributed by atoms with E-state index in [-0.39, 0.29) is 5.63 Å². The van der Waals surface area contributed by atoms with Gasteiger partial charge in [0.15, 0.2) is 0 Å². The fourth-order valence-electron chi connectivity index (χ4n) is 2.72. The standard InChI is InChI=1S/C21H28O3/c22-21-16-11-15-20(24-21)14-9-4-2-1-3-5-10-17-23-18-19-12-7-6-8-13-19/h6-8,11-13,15-16H,1-5,9-10,14,17-18H2. The average molecular weight is 328 g/mol. The first-order valence-corrected chi connectivity index (χ1v) is 9.05. The van der Waals surface area contributed by atoms with E-state index in [1.807, 2.05) is 24.3 Å². The van der Waals surface area contributed by atoms with Crippen LogP contribution in [-0.4, -0.2) is 6.61 Å². The first kappa shape index (κ1) is 18.5. The number of unbranched alkanes of at least 4 members (excludes halogenated alkanes) is 6. The van der Waals surface area contributed by atoms with Crippen LogP contribution in [0.3, 0.4) is 0 Å². The molecule has 3 nitrogen and oxygen atoms in total. The molecule has 130 valence electrons. The van der Waals surface area contributed by atoms with Crippen molar-refractivity contribution in [3.8, 4) is 0 Å². The SMILES string of the molecule is O=c1cccc(CCCCCCCCCOCc2ccccc2)o1. The average Bonchev–Trinajstić information content (AvgIpc) is 2.60. The lowest BCUT2D eigenvalue weighted by atomic mass is 10.1. The predicted octanol–water partition coefficient (Wildman–Crippen LogP) is 5.13. The number of benzene rings is 1. The van der Waals surface area contributed by atoms with Gasteiger partial charge in [0, 0.05) is 19.1 Å². The van der Waals surface area contributed by atoms with E-state index in [0.29, 0.717) is 0 Å². The molecule has 0 amide bonds. The monoisotopic (exact) mass is 328 g/mol. The first-order valence-electron chi connectivity index (χ1n) is 9.05. The molecule has 1 aromatic heterocycles. The van der Waals surface area contributed by atoms with Crippen LogP contribution in [0.2, 0.25) is 0 Å². The maximum absolute atomic E-state index is 11.1. The quantitative estimate of drug-likeness (QED) is 0.507. The van der Waals surface area contributed by atoms with Crippen molar-refractivity contribution in [1.82, 2.24) is 0 Å². The molecule has 3 heteroatoms. The lowest BCUT2D eigenvalue weighted by molar-refractivity contribution is 0.116. The normalized spacial score (nSPS) is 10.8. The highest BCUT2D eigenvalue weighted by Gasteiger charge is 1.97. The number of hydrogen-bond donors (Lipinski definition) is 0. The first-order chi connectivity index (χ1) is 11.8. The summed E-state index contributed by atoms with van der Waals surface area (Å²) < 4.78 is 10.8. The van der Waals surface area contributed by atoms with Crippen molar-refractivity contribution in [3.05, 3.63) is 70.3 Å². The molecule has 1 heterocycles. The zero-order chi connectivity index (χ0) is 16.9. The van der Waals surface area contributed by atoms with Crippen molar-refractivity contribution in [2.75, 3.05) is 6.61 Å². The third kappa shape index (κ3) is 8.11. The summed E-state index contributed by atoms with van der Waals surface area (Å²) in [5.74, 6) is 0.804. The van der Waals surface area contributed by atoms with Gasteiger partial charge in [0.25, 0.3) is 0 Å². The van der Waals surface area contributed by atoms with E-state index in [2.05, 4.69) is 12.1 Å². The maximum atomic E-state index is 11.1. The Kier molecular flexibility index (Phi) is 8.95. The molecule has 0 saturated heterocycles. The van der Waals surface area contributed by atoms with Gasteiger partial charge in [-0.3, -0.25) is 0 Å². The van der Waals surface area contributed by atoms with Gasteiger partial charge < -0.3 is 9.15 Å². The topological polar surface area (TPSA) is 39.4 Å². The second kappa shape index (κ2) is 11.6. The van der Waals surface area contributed by atoms with Gasteiger partial charge in [0.05, 0.1) is 6.61 Å². The summed E-state index contributed by atoms with van der Waals surface area (Å²) in [7, 11) is 0. The Morgan fingerprint density at radius 1 is 0.750 bits per heavy atom. The van der Waals surface area contributed by atoms with Gasteiger partial charge in [-0.1, -0.05) is 68.5 Å². The zero-order valence-electron chi connectivity index (χ0n) is 14.4. The molecular formula is C21H28O3. The fraction of sp³-hybridized carbons (Fsp3) is 0.476. The zero-order valence-corrected chi connectivity index (χ0v) is 14.4. The minimum absolute atomic E-state index is 0.248. The van der Waals surface area contributed by atoms with E-state index in [9.17, 15) is 4.79 Å². The van der Waals surface area contributed by atoms with Gasteiger partial charge in [-0.25, -0.2) is 4.79 Å². The van der Waals surface area contributed by atoms with Gasteiger partial charge >= 0.3 is 5.63 Å². The Labute approximate surface area is 144 Å². The second-order valence-corrected chi connectivity index (χ2v) is 6.18. The molecule has 2 rings (SSSR count). The van der Waals surface area contributed by atoms with Crippen LogP contribution in [0.1, 0.15) is 56.3 Å². The predicted molar refractivity (Wildman–Crippen MR) is 97.1 cm³/mol. The van der Waals surface area contributed by atoms with E-state index >= 15 is 0 Å². The highest BCUT2D eigenvalue weighted by Crippen LogP contribution is 2.10. The van der Waals surface area contributed by atoms with Crippen LogP contribution in [0.15, 0.2) is 57.7 Å². The maximum Gasteiger partial charge on any atom is 0.335 e. The van der Waals surface area contributed by atoms with Crippen molar-refractivity contribution in [3.63, 3.8) is 0 Å². The Hall–Kier alpha value is -1.87. The summed E-state index contributed by atoms with van der Waals surface area (Å²) in [5.41, 5.74) is 0.994. The second-order valence-electron chi connectivity index (χ2n) is 6.18. The van der Waals surface area contributed by atoms with Gasteiger partial charge in [-0.05, 0) is 24.5 Å². The van der Waals surface area contributed by atoms with Crippen LogP contribution in [0, 0.1) is 0 Å². The molecule has 0 saturated carbocycles. The summed E-state index contributed by atoms with van der Waals surface area (Å²) >= 11 is 0. The van der Waals surface area contributed by atoms with Crippen molar-refractivity contribution in [1.29, 1.82) is 0 Å². The van der Waals surface area contributed by atoms with E-state index < -0.39 is 0 Å². The number of ether oxygens (including phenoxy) is 1. The molecular weight excluding hydrogens is 300 g/mol. The molecule has 0 bridgehead atoms. The van der Waals surface area contributed by atoms with Crippen LogP contribution in [0.4, 0.5) is 0 Å². The molecule has 2 aromatic rings. The van der Waals surface area contributed by atoms with Gasteiger partial charge in [-0.2, -0.15) is 0 Å². The Bertz CT molecular complexity index is 604. The Morgan fingerprint density at radius 3 is 2.21 bits per heavy atom. The third-order valence-corrected chi connectivity index (χ3v) is 4.07. The van der Waals surface area contributed by atoms with Crippen LogP contribution in [0.25, 0.3) is 0 Å². The molecule has 0 fully saturated rings. The fourth-order valence-corrected chi connectivity index (χ4v) is 2.72. The van der Waals surface area contributed by atoms with E-state index in [1.54, 1.807) is 6.07 Å². The van der Waals surface area contributed by atoms with Crippen molar-refractivity contribution < 1.29 is 9.15 Å². The van der Waals surface area contributed by atoms with Crippen LogP contribution in [0.5, 0.6) is 0 Å². The highest BCUT2D eigenvalue weighted by molar-refractivity contribution is 5.13. The van der Waals surface area contributed by atoms with Crippen molar-refractivity contribution in [2.45, 2.75) is 58.0 Å². The lowest BCUT2D eigenvalue weighted by Gasteiger charge is -2.05. The van der Waals surface area contributed by atoms with E-state index in [0.717, 1.165) is 38.2 Å². The molecule has 0 N–H and O–H groups in total. The Morgan fingerprint density at radius 2 is 1.46 bits per heavy atom. The Balaban J connectivity index is 1.37. The molecule has 0 unspecified atom stereocenters. The summed E-state index contributed by atoms with van der Waals surface area (Å²) in [6.45, 7) is 1.57. The highest BCUT2D eigenvalue weighted by atomic mass is 16.5. The van der Waals surface area contributed by atoms with Crippen LogP contribution in [-0.2, 0) is 17.8 Å². The summed E-state index contributed by atoms with van der Waals surface area (Å²) in [6.07, 6.45) is 9.33. The van der Waals surface area contributed by atoms with E-state index in [1.165, 1.54) is 43.7 Å². The van der Waals surface area contributed by atoms with Gasteiger partial charge in [0.2, 0.25) is 0 Å². The smallest absolute Gasteiger partial charge is 0.335 e. The number of hydrogen-bond acceptors (Lipinski definition) is 3. The lowest BCUT2D eigenvalue weighted by Crippen LogP contribution is -1.98.